The van der Waals surface area contributed by atoms with Gasteiger partial charge in [0.25, 0.3) is 5.91 Å². The number of rotatable bonds is 4. The third kappa shape index (κ3) is 4.26. The number of benzene rings is 2. The summed E-state index contributed by atoms with van der Waals surface area (Å²) in [5.74, 6) is 0.874. The van der Waals surface area contributed by atoms with E-state index in [-0.39, 0.29) is 17.9 Å². The Morgan fingerprint density at radius 1 is 1.13 bits per heavy atom. The van der Waals surface area contributed by atoms with Crippen molar-refractivity contribution < 1.29 is 19.2 Å². The van der Waals surface area contributed by atoms with Gasteiger partial charge in [-0.2, -0.15) is 0 Å². The quantitative estimate of drug-likeness (QED) is 0.796. The first-order valence-corrected chi connectivity index (χ1v) is 10.5. The van der Waals surface area contributed by atoms with Crippen LogP contribution >= 0.6 is 0 Å². The highest BCUT2D eigenvalue weighted by atomic mass is 16.5. The smallest absolute Gasteiger partial charge is 0.282 e. The number of ether oxygens (including phenoxy) is 1. The molecule has 2 aliphatic rings. The van der Waals surface area contributed by atoms with Crippen molar-refractivity contribution >= 4 is 28.9 Å². The summed E-state index contributed by atoms with van der Waals surface area (Å²) in [6, 6.07) is 15.5. The van der Waals surface area contributed by atoms with Crippen LogP contribution in [0.4, 0.5) is 17.1 Å². The number of hydrogen-bond acceptors (Lipinski definition) is 4. The molecule has 0 aromatic heterocycles. The fraction of sp³-hybridized carbons (Fsp3) is 0.391. The van der Waals surface area contributed by atoms with Crippen LogP contribution < -0.4 is 24.8 Å². The van der Waals surface area contributed by atoms with Crippen LogP contribution in [0.1, 0.15) is 13.3 Å². The SMILES string of the molecule is COc1ccc(N2CC[NH+](CC(=O)N3c4ccccc4NC(=O)C[C@@H]3C)CC2)cc1. The van der Waals surface area contributed by atoms with Gasteiger partial charge in [-0.05, 0) is 43.3 Å². The van der Waals surface area contributed by atoms with Crippen LogP contribution in [0.5, 0.6) is 5.75 Å². The fourth-order valence-corrected chi connectivity index (χ4v) is 4.32. The zero-order chi connectivity index (χ0) is 21.1. The molecule has 0 spiro atoms. The van der Waals surface area contributed by atoms with E-state index in [1.54, 1.807) is 12.0 Å². The Hall–Kier alpha value is -3.06. The van der Waals surface area contributed by atoms with Crippen molar-refractivity contribution in [1.29, 1.82) is 0 Å². The molecule has 2 aliphatic heterocycles. The predicted octanol–water partition coefficient (Wildman–Crippen LogP) is 1.16. The summed E-state index contributed by atoms with van der Waals surface area (Å²) in [4.78, 5) is 30.8. The molecule has 2 amide bonds. The molecule has 158 valence electrons. The molecule has 30 heavy (non-hydrogen) atoms. The maximum Gasteiger partial charge on any atom is 0.282 e. The van der Waals surface area contributed by atoms with Crippen molar-refractivity contribution in [1.82, 2.24) is 0 Å². The maximum atomic E-state index is 13.3. The highest BCUT2D eigenvalue weighted by molar-refractivity contribution is 6.04. The summed E-state index contributed by atoms with van der Waals surface area (Å²) >= 11 is 0. The molecule has 2 aromatic rings. The van der Waals surface area contributed by atoms with Gasteiger partial charge in [0.1, 0.15) is 5.75 Å². The molecule has 1 fully saturated rings. The van der Waals surface area contributed by atoms with Gasteiger partial charge in [-0.3, -0.25) is 9.59 Å². The summed E-state index contributed by atoms with van der Waals surface area (Å²) in [6.07, 6.45) is 0.307. The number of nitrogens with one attached hydrogen (secondary N) is 2. The van der Waals surface area contributed by atoms with E-state index in [0.717, 1.165) is 37.6 Å². The summed E-state index contributed by atoms with van der Waals surface area (Å²) in [7, 11) is 1.67. The monoisotopic (exact) mass is 409 g/mol. The van der Waals surface area contributed by atoms with Crippen LogP contribution in [-0.4, -0.2) is 57.7 Å². The van der Waals surface area contributed by atoms with Gasteiger partial charge in [-0.1, -0.05) is 12.1 Å². The molecule has 2 heterocycles. The first-order valence-electron chi connectivity index (χ1n) is 10.5. The number of amides is 2. The Balaban J connectivity index is 1.40. The Morgan fingerprint density at radius 2 is 1.83 bits per heavy atom. The minimum absolute atomic E-state index is 0.0503. The highest BCUT2D eigenvalue weighted by Gasteiger charge is 2.32. The van der Waals surface area contributed by atoms with Crippen LogP contribution in [0.25, 0.3) is 0 Å². The summed E-state index contributed by atoms with van der Waals surface area (Å²) in [5, 5.41) is 2.92. The second-order valence-corrected chi connectivity index (χ2v) is 7.99. The van der Waals surface area contributed by atoms with E-state index < -0.39 is 0 Å². The van der Waals surface area contributed by atoms with Crippen LogP contribution in [0.2, 0.25) is 0 Å². The number of para-hydroxylation sites is 2. The highest BCUT2D eigenvalue weighted by Crippen LogP contribution is 2.31. The number of anilines is 3. The van der Waals surface area contributed by atoms with E-state index in [9.17, 15) is 9.59 Å². The molecule has 0 aliphatic carbocycles. The van der Waals surface area contributed by atoms with Crippen molar-refractivity contribution in [2.24, 2.45) is 0 Å². The number of piperazine rings is 1. The number of carbonyl (C=O) groups excluding carboxylic acids is 2. The number of nitrogens with zero attached hydrogens (tertiary/aromatic N) is 2. The van der Waals surface area contributed by atoms with Crippen LogP contribution in [-0.2, 0) is 9.59 Å². The molecular weight excluding hydrogens is 380 g/mol. The minimum atomic E-state index is -0.166. The summed E-state index contributed by atoms with van der Waals surface area (Å²) in [6.45, 7) is 5.99. The first kappa shape index (κ1) is 20.2. The van der Waals surface area contributed by atoms with E-state index in [1.807, 2.05) is 43.3 Å². The number of carbonyl (C=O) groups is 2. The van der Waals surface area contributed by atoms with Gasteiger partial charge in [-0.15, -0.1) is 0 Å². The van der Waals surface area contributed by atoms with E-state index in [4.69, 9.17) is 4.74 Å². The molecule has 2 aromatic carbocycles. The van der Waals surface area contributed by atoms with Gasteiger partial charge in [-0.25, -0.2) is 0 Å². The van der Waals surface area contributed by atoms with E-state index in [1.165, 1.54) is 10.6 Å². The Bertz CT molecular complexity index is 907. The number of quaternary nitrogens is 1. The zero-order valence-corrected chi connectivity index (χ0v) is 17.6. The summed E-state index contributed by atoms with van der Waals surface area (Å²) < 4.78 is 5.23. The second kappa shape index (κ2) is 8.75. The standard InChI is InChI=1S/C23H28N4O3/c1-17-15-22(28)24-20-5-3-4-6-21(20)27(17)23(29)16-25-11-13-26(14-12-25)18-7-9-19(30-2)10-8-18/h3-10,17H,11-16H2,1-2H3,(H,24,28)/p+1/t17-/m0/s1. The molecule has 0 saturated carbocycles. The molecule has 4 rings (SSSR count). The fourth-order valence-electron chi connectivity index (χ4n) is 4.32. The van der Waals surface area contributed by atoms with Gasteiger partial charge in [0.15, 0.2) is 6.54 Å². The zero-order valence-electron chi connectivity index (χ0n) is 17.6. The normalized spacial score (nSPS) is 19.7. The number of methoxy groups -OCH3 is 1. The largest absolute Gasteiger partial charge is 0.497 e. The Morgan fingerprint density at radius 3 is 2.53 bits per heavy atom. The van der Waals surface area contributed by atoms with E-state index in [2.05, 4.69) is 22.3 Å². The van der Waals surface area contributed by atoms with E-state index >= 15 is 0 Å². The lowest BCUT2D eigenvalue weighted by Crippen LogP contribution is -3.16. The molecule has 7 heteroatoms. The van der Waals surface area contributed by atoms with Crippen molar-refractivity contribution in [3.8, 4) is 5.75 Å². The molecule has 1 atom stereocenters. The lowest BCUT2D eigenvalue weighted by atomic mass is 10.1. The average Bonchev–Trinajstić information content (AvgIpc) is 2.88. The van der Waals surface area contributed by atoms with Crippen LogP contribution in [0, 0.1) is 0 Å². The van der Waals surface area contributed by atoms with Gasteiger partial charge < -0.3 is 24.8 Å². The van der Waals surface area contributed by atoms with Gasteiger partial charge >= 0.3 is 0 Å². The molecule has 0 bridgehead atoms. The lowest BCUT2D eigenvalue weighted by Gasteiger charge is -2.35. The Labute approximate surface area is 177 Å². The second-order valence-electron chi connectivity index (χ2n) is 7.99. The van der Waals surface area contributed by atoms with Crippen molar-refractivity contribution in [3.05, 3.63) is 48.5 Å². The lowest BCUT2D eigenvalue weighted by molar-refractivity contribution is -0.892. The van der Waals surface area contributed by atoms with Crippen molar-refractivity contribution in [2.75, 3.05) is 55.0 Å². The van der Waals surface area contributed by atoms with Crippen LogP contribution in [0.3, 0.4) is 0 Å². The van der Waals surface area contributed by atoms with Crippen molar-refractivity contribution in [2.45, 2.75) is 19.4 Å². The van der Waals surface area contributed by atoms with Crippen molar-refractivity contribution in [3.63, 3.8) is 0 Å². The van der Waals surface area contributed by atoms with Gasteiger partial charge in [0.05, 0.1) is 44.7 Å². The molecule has 0 unspecified atom stereocenters. The number of hydrogen-bond donors (Lipinski definition) is 2. The average molecular weight is 410 g/mol. The molecule has 1 saturated heterocycles. The third-order valence-corrected chi connectivity index (χ3v) is 5.94. The van der Waals surface area contributed by atoms with Gasteiger partial charge in [0.2, 0.25) is 5.91 Å². The molecular formula is C23H29N4O3+. The molecule has 2 N–H and O–H groups in total. The predicted molar refractivity (Wildman–Crippen MR) is 117 cm³/mol. The topological polar surface area (TPSA) is 66.3 Å². The molecule has 0 radical (unpaired) electrons. The maximum absolute atomic E-state index is 13.3. The van der Waals surface area contributed by atoms with E-state index in [0.29, 0.717) is 18.7 Å². The summed E-state index contributed by atoms with van der Waals surface area (Å²) in [5.41, 5.74) is 2.68. The first-order chi connectivity index (χ1) is 14.5. The van der Waals surface area contributed by atoms with Crippen LogP contribution in [0.15, 0.2) is 48.5 Å². The third-order valence-electron chi connectivity index (χ3n) is 5.94. The Kier molecular flexibility index (Phi) is 5.90. The van der Waals surface area contributed by atoms with Gasteiger partial charge in [0, 0.05) is 18.2 Å². The minimum Gasteiger partial charge on any atom is -0.497 e. The molecule has 7 nitrogen and oxygen atoms in total. The number of fused-ring (bicyclic) bond motifs is 1.